The van der Waals surface area contributed by atoms with Gasteiger partial charge < -0.3 is 19.9 Å². The minimum Gasteiger partial charge on any atom is -0.453 e. The van der Waals surface area contributed by atoms with Crippen molar-refractivity contribution in [1.82, 2.24) is 15.1 Å². The smallest absolute Gasteiger partial charge is 0.409 e. The number of hydrogen-bond acceptors (Lipinski definition) is 4. The van der Waals surface area contributed by atoms with E-state index in [0.717, 1.165) is 13.1 Å². The number of carbonyl (C=O) groups excluding carboxylic acids is 2. The molecular formula is C11H19N3O3. The van der Waals surface area contributed by atoms with Crippen LogP contribution in [0.4, 0.5) is 4.79 Å². The molecule has 6 nitrogen and oxygen atoms in total. The third kappa shape index (κ3) is 2.88. The van der Waals surface area contributed by atoms with E-state index in [-0.39, 0.29) is 12.0 Å². The van der Waals surface area contributed by atoms with Crippen molar-refractivity contribution in [3.05, 3.63) is 0 Å². The van der Waals surface area contributed by atoms with Gasteiger partial charge in [-0.25, -0.2) is 4.79 Å². The lowest BCUT2D eigenvalue weighted by Gasteiger charge is -2.35. The highest BCUT2D eigenvalue weighted by molar-refractivity contribution is 5.77. The van der Waals surface area contributed by atoms with Crippen molar-refractivity contribution < 1.29 is 14.3 Å². The molecule has 96 valence electrons. The Bertz CT molecular complexity index is 296. The summed E-state index contributed by atoms with van der Waals surface area (Å²) in [6, 6.07) is 0. The molecule has 2 heterocycles. The monoisotopic (exact) mass is 241 g/mol. The molecule has 0 saturated carbocycles. The maximum atomic E-state index is 11.9. The summed E-state index contributed by atoms with van der Waals surface area (Å²) in [7, 11) is 1.38. The van der Waals surface area contributed by atoms with Gasteiger partial charge in [0.25, 0.3) is 0 Å². The molecule has 2 amide bonds. The van der Waals surface area contributed by atoms with Gasteiger partial charge in [-0.05, 0) is 19.0 Å². The van der Waals surface area contributed by atoms with E-state index >= 15 is 0 Å². The van der Waals surface area contributed by atoms with E-state index in [2.05, 4.69) is 10.1 Å². The first-order valence-electron chi connectivity index (χ1n) is 6.02. The number of piperazine rings is 1. The third-order valence-corrected chi connectivity index (χ3v) is 3.39. The summed E-state index contributed by atoms with van der Waals surface area (Å²) < 4.78 is 4.65. The summed E-state index contributed by atoms with van der Waals surface area (Å²) in [5.74, 6) is 0.710. The Morgan fingerprint density at radius 3 is 2.24 bits per heavy atom. The number of nitrogens with zero attached hydrogens (tertiary/aromatic N) is 2. The largest absolute Gasteiger partial charge is 0.453 e. The zero-order valence-corrected chi connectivity index (χ0v) is 10.1. The van der Waals surface area contributed by atoms with Crippen LogP contribution in [0.5, 0.6) is 0 Å². The van der Waals surface area contributed by atoms with Crippen LogP contribution in [-0.2, 0) is 9.53 Å². The SMILES string of the molecule is COC(=O)N1CCN(C(=O)CC2CNC2)CC1. The van der Waals surface area contributed by atoms with Crippen LogP contribution < -0.4 is 5.32 Å². The van der Waals surface area contributed by atoms with Gasteiger partial charge in [0.1, 0.15) is 0 Å². The number of methoxy groups -OCH3 is 1. The molecule has 0 aromatic heterocycles. The molecule has 2 saturated heterocycles. The molecule has 0 aromatic carbocycles. The van der Waals surface area contributed by atoms with Gasteiger partial charge in [0.15, 0.2) is 0 Å². The van der Waals surface area contributed by atoms with Crippen molar-refractivity contribution in [1.29, 1.82) is 0 Å². The molecule has 0 spiro atoms. The van der Waals surface area contributed by atoms with Gasteiger partial charge >= 0.3 is 6.09 Å². The molecule has 2 aliphatic heterocycles. The molecule has 0 aliphatic carbocycles. The van der Waals surface area contributed by atoms with Crippen molar-refractivity contribution in [2.45, 2.75) is 6.42 Å². The summed E-state index contributed by atoms with van der Waals surface area (Å²) in [4.78, 5) is 26.7. The number of carbonyl (C=O) groups is 2. The lowest BCUT2D eigenvalue weighted by Crippen LogP contribution is -2.52. The van der Waals surface area contributed by atoms with E-state index in [1.54, 1.807) is 4.90 Å². The predicted molar refractivity (Wildman–Crippen MR) is 61.5 cm³/mol. The van der Waals surface area contributed by atoms with Crippen LogP contribution in [0.25, 0.3) is 0 Å². The summed E-state index contributed by atoms with van der Waals surface area (Å²) >= 11 is 0. The van der Waals surface area contributed by atoms with E-state index in [1.807, 2.05) is 4.90 Å². The molecule has 2 rings (SSSR count). The minimum atomic E-state index is -0.305. The van der Waals surface area contributed by atoms with Crippen LogP contribution in [0.1, 0.15) is 6.42 Å². The second-order valence-corrected chi connectivity index (χ2v) is 4.57. The number of amides is 2. The number of nitrogens with one attached hydrogen (secondary N) is 1. The molecule has 2 aliphatic rings. The molecule has 0 aromatic rings. The molecule has 0 unspecified atom stereocenters. The van der Waals surface area contributed by atoms with Crippen LogP contribution in [-0.4, -0.2) is 68.2 Å². The molecule has 0 radical (unpaired) electrons. The molecule has 17 heavy (non-hydrogen) atoms. The van der Waals surface area contributed by atoms with Gasteiger partial charge in [0.2, 0.25) is 5.91 Å². The van der Waals surface area contributed by atoms with Gasteiger partial charge in [-0.3, -0.25) is 4.79 Å². The lowest BCUT2D eigenvalue weighted by atomic mass is 9.98. The Morgan fingerprint density at radius 2 is 1.76 bits per heavy atom. The van der Waals surface area contributed by atoms with E-state index in [9.17, 15) is 9.59 Å². The van der Waals surface area contributed by atoms with Gasteiger partial charge in [0, 0.05) is 32.6 Å². The first kappa shape index (κ1) is 12.2. The quantitative estimate of drug-likeness (QED) is 0.708. The molecule has 0 atom stereocenters. The number of rotatable bonds is 2. The zero-order valence-electron chi connectivity index (χ0n) is 10.1. The van der Waals surface area contributed by atoms with Crippen LogP contribution in [0, 0.1) is 5.92 Å². The van der Waals surface area contributed by atoms with E-state index in [1.165, 1.54) is 7.11 Å². The van der Waals surface area contributed by atoms with Crippen molar-refractivity contribution in [2.75, 3.05) is 46.4 Å². The fourth-order valence-electron chi connectivity index (χ4n) is 2.14. The Balaban J connectivity index is 1.74. The highest BCUT2D eigenvalue weighted by Crippen LogP contribution is 2.12. The van der Waals surface area contributed by atoms with Gasteiger partial charge in [-0.2, -0.15) is 0 Å². The minimum absolute atomic E-state index is 0.209. The normalized spacial score (nSPS) is 21.0. The number of hydrogen-bond donors (Lipinski definition) is 1. The topological polar surface area (TPSA) is 61.9 Å². The standard InChI is InChI=1S/C11H19N3O3/c1-17-11(16)14-4-2-13(3-5-14)10(15)6-9-7-12-8-9/h9,12H,2-8H2,1H3. The molecule has 2 fully saturated rings. The zero-order chi connectivity index (χ0) is 12.3. The number of ether oxygens (including phenoxy) is 1. The Kier molecular flexibility index (Phi) is 3.83. The van der Waals surface area contributed by atoms with Crippen LogP contribution in [0.15, 0.2) is 0 Å². The molecule has 6 heteroatoms. The van der Waals surface area contributed by atoms with Crippen molar-refractivity contribution >= 4 is 12.0 Å². The summed E-state index contributed by atoms with van der Waals surface area (Å²) in [5.41, 5.74) is 0. The summed E-state index contributed by atoms with van der Waals surface area (Å²) in [6.45, 7) is 4.28. The maximum absolute atomic E-state index is 11.9. The average Bonchev–Trinajstić information content (AvgIpc) is 2.32. The Hall–Kier alpha value is -1.30. The maximum Gasteiger partial charge on any atom is 0.409 e. The molecular weight excluding hydrogens is 222 g/mol. The van der Waals surface area contributed by atoms with Gasteiger partial charge in [-0.15, -0.1) is 0 Å². The third-order valence-electron chi connectivity index (χ3n) is 3.39. The van der Waals surface area contributed by atoms with Crippen LogP contribution >= 0.6 is 0 Å². The second kappa shape index (κ2) is 5.35. The van der Waals surface area contributed by atoms with Crippen molar-refractivity contribution in [3.63, 3.8) is 0 Å². The summed E-state index contributed by atoms with van der Waals surface area (Å²) in [5, 5.41) is 3.16. The molecule has 1 N–H and O–H groups in total. The van der Waals surface area contributed by atoms with Gasteiger partial charge in [-0.1, -0.05) is 0 Å². The highest BCUT2D eigenvalue weighted by atomic mass is 16.5. The second-order valence-electron chi connectivity index (χ2n) is 4.57. The predicted octanol–water partition coefficient (Wildman–Crippen LogP) is -0.493. The van der Waals surface area contributed by atoms with Crippen LogP contribution in [0.2, 0.25) is 0 Å². The Labute approximate surface area is 101 Å². The van der Waals surface area contributed by atoms with E-state index in [4.69, 9.17) is 0 Å². The van der Waals surface area contributed by atoms with Crippen molar-refractivity contribution in [3.8, 4) is 0 Å². The molecule has 0 bridgehead atoms. The van der Waals surface area contributed by atoms with Crippen molar-refractivity contribution in [2.24, 2.45) is 5.92 Å². The Morgan fingerprint density at radius 1 is 1.18 bits per heavy atom. The van der Waals surface area contributed by atoms with Crippen LogP contribution in [0.3, 0.4) is 0 Å². The fourth-order valence-corrected chi connectivity index (χ4v) is 2.14. The highest BCUT2D eigenvalue weighted by Gasteiger charge is 2.27. The van der Waals surface area contributed by atoms with E-state index in [0.29, 0.717) is 38.5 Å². The fraction of sp³-hybridized carbons (Fsp3) is 0.818. The van der Waals surface area contributed by atoms with Gasteiger partial charge in [0.05, 0.1) is 7.11 Å². The first-order chi connectivity index (χ1) is 8.20. The average molecular weight is 241 g/mol. The lowest BCUT2D eigenvalue weighted by molar-refractivity contribution is -0.134. The first-order valence-corrected chi connectivity index (χ1v) is 6.02. The summed E-state index contributed by atoms with van der Waals surface area (Å²) in [6.07, 6.45) is 0.325. The van der Waals surface area contributed by atoms with E-state index < -0.39 is 0 Å².